The number of imidazole rings is 1. The van der Waals surface area contributed by atoms with Crippen LogP contribution in [0.15, 0.2) is 12.4 Å². The van der Waals surface area contributed by atoms with E-state index in [0.717, 1.165) is 38.4 Å². The van der Waals surface area contributed by atoms with Crippen LogP contribution >= 0.6 is 0 Å². The second kappa shape index (κ2) is 9.40. The van der Waals surface area contributed by atoms with Gasteiger partial charge in [0, 0.05) is 44.6 Å². The fourth-order valence-corrected chi connectivity index (χ4v) is 5.35. The molecule has 4 heterocycles. The second-order valence-electron chi connectivity index (χ2n) is 8.96. The highest BCUT2D eigenvalue weighted by atomic mass is 16.2. The van der Waals surface area contributed by atoms with Crippen molar-refractivity contribution in [3.63, 3.8) is 0 Å². The highest BCUT2D eigenvalue weighted by Gasteiger charge is 2.34. The summed E-state index contributed by atoms with van der Waals surface area (Å²) in [6.45, 7) is 10.9. The standard InChI is InChI=1S/C22H37N5O/c1-19-23-9-17-25(19)14-5-10-24-15-7-21(8-16-24)27-13-4-6-20(18-27)22(28)26-11-2-3-12-26/h9,17,20-21H,2-8,10-16,18H2,1H3/t20-/m0/s1. The largest absolute Gasteiger partial charge is 0.342 e. The van der Waals surface area contributed by atoms with Crippen LogP contribution in [0.25, 0.3) is 0 Å². The zero-order valence-corrected chi connectivity index (χ0v) is 17.6. The normalized spacial score (nSPS) is 25.5. The zero-order chi connectivity index (χ0) is 19.3. The van der Waals surface area contributed by atoms with Crippen molar-refractivity contribution in [1.82, 2.24) is 24.3 Å². The lowest BCUT2D eigenvalue weighted by Gasteiger charge is -2.42. The number of hydrogen-bond donors (Lipinski definition) is 0. The monoisotopic (exact) mass is 387 g/mol. The summed E-state index contributed by atoms with van der Waals surface area (Å²) < 4.78 is 2.25. The Kier molecular flexibility index (Phi) is 6.68. The molecule has 0 spiro atoms. The number of rotatable bonds is 6. The van der Waals surface area contributed by atoms with Gasteiger partial charge in [0.25, 0.3) is 0 Å². The number of likely N-dealkylation sites (tertiary alicyclic amines) is 3. The van der Waals surface area contributed by atoms with E-state index in [1.807, 2.05) is 6.20 Å². The average Bonchev–Trinajstić information content (AvgIpc) is 3.40. The van der Waals surface area contributed by atoms with Crippen molar-refractivity contribution in [1.29, 1.82) is 0 Å². The Morgan fingerprint density at radius 3 is 2.54 bits per heavy atom. The summed E-state index contributed by atoms with van der Waals surface area (Å²) in [5.74, 6) is 1.81. The van der Waals surface area contributed by atoms with Crippen LogP contribution in [0.3, 0.4) is 0 Å². The minimum absolute atomic E-state index is 0.253. The molecule has 1 aromatic rings. The molecule has 0 bridgehead atoms. The van der Waals surface area contributed by atoms with Crippen molar-refractivity contribution in [3.05, 3.63) is 18.2 Å². The van der Waals surface area contributed by atoms with Crippen LogP contribution in [0.5, 0.6) is 0 Å². The Labute approximate surface area is 169 Å². The first kappa shape index (κ1) is 19.9. The molecule has 3 aliphatic heterocycles. The van der Waals surface area contributed by atoms with Crippen LogP contribution in [-0.4, -0.2) is 82.0 Å². The third-order valence-corrected chi connectivity index (χ3v) is 7.09. The number of piperidine rings is 2. The van der Waals surface area contributed by atoms with Gasteiger partial charge in [0.1, 0.15) is 5.82 Å². The molecule has 1 aromatic heterocycles. The molecule has 3 fully saturated rings. The Morgan fingerprint density at radius 1 is 1.04 bits per heavy atom. The van der Waals surface area contributed by atoms with Crippen LogP contribution < -0.4 is 0 Å². The van der Waals surface area contributed by atoms with Gasteiger partial charge in [-0.1, -0.05) is 0 Å². The molecule has 0 saturated carbocycles. The lowest BCUT2D eigenvalue weighted by Crippen LogP contribution is -2.51. The fourth-order valence-electron chi connectivity index (χ4n) is 5.35. The van der Waals surface area contributed by atoms with Gasteiger partial charge in [0.2, 0.25) is 5.91 Å². The van der Waals surface area contributed by atoms with Crippen molar-refractivity contribution >= 4 is 5.91 Å². The van der Waals surface area contributed by atoms with E-state index in [2.05, 4.69) is 37.4 Å². The molecule has 0 radical (unpaired) electrons. The third-order valence-electron chi connectivity index (χ3n) is 7.09. The van der Waals surface area contributed by atoms with Crippen LogP contribution in [0.1, 0.15) is 50.8 Å². The van der Waals surface area contributed by atoms with Gasteiger partial charge < -0.3 is 14.4 Å². The zero-order valence-electron chi connectivity index (χ0n) is 17.6. The van der Waals surface area contributed by atoms with E-state index in [9.17, 15) is 4.79 Å². The van der Waals surface area contributed by atoms with Gasteiger partial charge in [-0.25, -0.2) is 4.98 Å². The van der Waals surface area contributed by atoms with Gasteiger partial charge in [-0.05, 0) is 78.0 Å². The Bertz CT molecular complexity index is 631. The van der Waals surface area contributed by atoms with Crippen molar-refractivity contribution in [2.24, 2.45) is 5.92 Å². The van der Waals surface area contributed by atoms with Gasteiger partial charge in [0.05, 0.1) is 5.92 Å². The molecule has 28 heavy (non-hydrogen) atoms. The summed E-state index contributed by atoms with van der Waals surface area (Å²) >= 11 is 0. The molecule has 3 aliphatic rings. The molecule has 0 N–H and O–H groups in total. The molecule has 0 aromatic carbocycles. The van der Waals surface area contributed by atoms with E-state index in [1.54, 1.807) is 0 Å². The minimum Gasteiger partial charge on any atom is -0.342 e. The summed E-state index contributed by atoms with van der Waals surface area (Å²) in [7, 11) is 0. The number of hydrogen-bond acceptors (Lipinski definition) is 4. The van der Waals surface area contributed by atoms with E-state index in [0.29, 0.717) is 11.9 Å². The van der Waals surface area contributed by atoms with Gasteiger partial charge in [-0.3, -0.25) is 9.69 Å². The lowest BCUT2D eigenvalue weighted by atomic mass is 9.93. The molecule has 1 atom stereocenters. The summed E-state index contributed by atoms with van der Waals surface area (Å²) in [6.07, 6.45) is 12.4. The molecule has 0 unspecified atom stereocenters. The van der Waals surface area contributed by atoms with Crippen LogP contribution in [-0.2, 0) is 11.3 Å². The maximum Gasteiger partial charge on any atom is 0.226 e. The molecule has 6 heteroatoms. The van der Waals surface area contributed by atoms with Gasteiger partial charge in [-0.15, -0.1) is 0 Å². The van der Waals surface area contributed by atoms with E-state index in [1.165, 1.54) is 64.7 Å². The Hall–Kier alpha value is -1.40. The number of aromatic nitrogens is 2. The van der Waals surface area contributed by atoms with E-state index >= 15 is 0 Å². The lowest BCUT2D eigenvalue weighted by molar-refractivity contribution is -0.136. The Morgan fingerprint density at radius 2 is 1.82 bits per heavy atom. The van der Waals surface area contributed by atoms with Crippen LogP contribution in [0.4, 0.5) is 0 Å². The molecule has 0 aliphatic carbocycles. The summed E-state index contributed by atoms with van der Waals surface area (Å²) in [5.41, 5.74) is 0. The minimum atomic E-state index is 0.253. The molecular formula is C22H37N5O. The first-order valence-electron chi connectivity index (χ1n) is 11.4. The quantitative estimate of drug-likeness (QED) is 0.752. The van der Waals surface area contributed by atoms with Crippen LogP contribution in [0.2, 0.25) is 0 Å². The molecule has 1 amide bonds. The topological polar surface area (TPSA) is 44.6 Å². The van der Waals surface area contributed by atoms with Crippen molar-refractivity contribution in [2.45, 2.75) is 64.5 Å². The number of carbonyl (C=O) groups excluding carboxylic acids is 1. The van der Waals surface area contributed by atoms with Crippen molar-refractivity contribution < 1.29 is 4.79 Å². The maximum atomic E-state index is 12.8. The van der Waals surface area contributed by atoms with E-state index < -0.39 is 0 Å². The number of aryl methyl sites for hydroxylation is 2. The number of carbonyl (C=O) groups is 1. The highest BCUT2D eigenvalue weighted by molar-refractivity contribution is 5.79. The number of nitrogens with zero attached hydrogens (tertiary/aromatic N) is 5. The third kappa shape index (κ3) is 4.77. The summed E-state index contributed by atoms with van der Waals surface area (Å²) in [5, 5.41) is 0. The van der Waals surface area contributed by atoms with Gasteiger partial charge in [-0.2, -0.15) is 0 Å². The molecular weight excluding hydrogens is 350 g/mol. The van der Waals surface area contributed by atoms with E-state index in [4.69, 9.17) is 0 Å². The first-order valence-corrected chi connectivity index (χ1v) is 11.4. The fraction of sp³-hybridized carbons (Fsp3) is 0.818. The predicted molar refractivity (Wildman–Crippen MR) is 111 cm³/mol. The molecule has 3 saturated heterocycles. The average molecular weight is 388 g/mol. The molecule has 6 nitrogen and oxygen atoms in total. The smallest absolute Gasteiger partial charge is 0.226 e. The maximum absolute atomic E-state index is 12.8. The van der Waals surface area contributed by atoms with Crippen molar-refractivity contribution in [3.8, 4) is 0 Å². The predicted octanol–water partition coefficient (Wildman–Crippen LogP) is 2.38. The highest BCUT2D eigenvalue weighted by Crippen LogP contribution is 2.26. The summed E-state index contributed by atoms with van der Waals surface area (Å²) in [6, 6.07) is 0.682. The first-order chi connectivity index (χ1) is 13.7. The summed E-state index contributed by atoms with van der Waals surface area (Å²) in [4.78, 5) is 24.5. The molecule has 4 rings (SSSR count). The SMILES string of the molecule is Cc1nccn1CCCN1CCC(N2CCC[C@H](C(=O)N3CCCC3)C2)CC1. The molecule has 156 valence electrons. The van der Waals surface area contributed by atoms with Gasteiger partial charge >= 0.3 is 0 Å². The second-order valence-corrected chi connectivity index (χ2v) is 8.96. The number of amides is 1. The van der Waals surface area contributed by atoms with E-state index in [-0.39, 0.29) is 5.92 Å². The van der Waals surface area contributed by atoms with Crippen molar-refractivity contribution in [2.75, 3.05) is 45.8 Å². The Balaban J connectivity index is 1.19. The van der Waals surface area contributed by atoms with Crippen LogP contribution in [0, 0.1) is 12.8 Å². The van der Waals surface area contributed by atoms with Gasteiger partial charge in [0.15, 0.2) is 0 Å².